The Morgan fingerprint density at radius 1 is 1.07 bits per heavy atom. The minimum atomic E-state index is -0.501. The number of benzene rings is 2. The summed E-state index contributed by atoms with van der Waals surface area (Å²) in [7, 11) is 0. The van der Waals surface area contributed by atoms with E-state index in [9.17, 15) is 9.90 Å². The van der Waals surface area contributed by atoms with E-state index in [2.05, 4.69) is 15.7 Å². The molecule has 0 fully saturated rings. The zero-order valence-corrected chi connectivity index (χ0v) is 16.3. The number of carbonyl (C=O) groups excluding carboxylic acids is 1. The summed E-state index contributed by atoms with van der Waals surface area (Å²) in [5.41, 5.74) is 2.85. The van der Waals surface area contributed by atoms with Gasteiger partial charge in [0.05, 0.1) is 6.10 Å². The van der Waals surface area contributed by atoms with E-state index in [1.807, 2.05) is 54.6 Å². The van der Waals surface area contributed by atoms with Crippen molar-refractivity contribution < 1.29 is 9.90 Å². The van der Waals surface area contributed by atoms with Gasteiger partial charge < -0.3 is 15.7 Å². The van der Waals surface area contributed by atoms with Gasteiger partial charge in [-0.3, -0.25) is 9.48 Å². The van der Waals surface area contributed by atoms with Crippen molar-refractivity contribution in [1.82, 2.24) is 15.1 Å². The number of aliphatic hydroxyl groups is 1. The highest BCUT2D eigenvalue weighted by Crippen LogP contribution is 2.12. The van der Waals surface area contributed by atoms with E-state index >= 15 is 0 Å². The second-order valence-electron chi connectivity index (χ2n) is 6.33. The molecule has 0 saturated carbocycles. The lowest BCUT2D eigenvalue weighted by Crippen LogP contribution is -2.23. The molecule has 0 aliphatic heterocycles. The molecule has 0 bridgehead atoms. The maximum absolute atomic E-state index is 12.0. The Balaban J connectivity index is 0.00000280. The van der Waals surface area contributed by atoms with Gasteiger partial charge in [0.2, 0.25) is 5.91 Å². The molecule has 0 aliphatic rings. The molecule has 3 rings (SSSR count). The lowest BCUT2D eigenvalue weighted by atomic mass is 10.1. The van der Waals surface area contributed by atoms with Gasteiger partial charge in [-0.15, -0.1) is 12.4 Å². The normalized spacial score (nSPS) is 11.5. The summed E-state index contributed by atoms with van der Waals surface area (Å²) in [6.45, 7) is 1.49. The number of rotatable bonds is 9. The Labute approximate surface area is 171 Å². The van der Waals surface area contributed by atoms with Gasteiger partial charge in [-0.05, 0) is 42.3 Å². The van der Waals surface area contributed by atoms with Crippen LogP contribution in [-0.2, 0) is 17.8 Å². The number of carbonyl (C=O) groups is 1. The second kappa shape index (κ2) is 11.2. The third-order valence-electron chi connectivity index (χ3n) is 4.21. The highest BCUT2D eigenvalue weighted by Gasteiger charge is 2.06. The summed E-state index contributed by atoms with van der Waals surface area (Å²) in [5, 5.41) is 20.3. The third-order valence-corrected chi connectivity index (χ3v) is 4.21. The molecular formula is C21H25ClN4O2. The highest BCUT2D eigenvalue weighted by molar-refractivity contribution is 5.90. The molecule has 0 aliphatic carbocycles. The molecule has 3 N–H and O–H groups in total. The Morgan fingerprint density at radius 2 is 1.82 bits per heavy atom. The van der Waals surface area contributed by atoms with Crippen molar-refractivity contribution in [3.05, 3.63) is 84.2 Å². The van der Waals surface area contributed by atoms with Crippen molar-refractivity contribution in [2.75, 3.05) is 18.4 Å². The summed E-state index contributed by atoms with van der Waals surface area (Å²) >= 11 is 0. The van der Waals surface area contributed by atoms with Gasteiger partial charge >= 0.3 is 0 Å². The van der Waals surface area contributed by atoms with Crippen LogP contribution in [0.25, 0.3) is 0 Å². The van der Waals surface area contributed by atoms with Crippen LogP contribution in [0, 0.1) is 0 Å². The van der Waals surface area contributed by atoms with Crippen LogP contribution in [0.2, 0.25) is 0 Å². The van der Waals surface area contributed by atoms with Crippen molar-refractivity contribution in [3.8, 4) is 0 Å². The fourth-order valence-corrected chi connectivity index (χ4v) is 2.76. The first-order valence-corrected chi connectivity index (χ1v) is 9.00. The number of aromatic nitrogens is 2. The van der Waals surface area contributed by atoms with Crippen LogP contribution in [0.15, 0.2) is 73.1 Å². The molecule has 6 nitrogen and oxygen atoms in total. The molecule has 0 spiro atoms. The van der Waals surface area contributed by atoms with E-state index < -0.39 is 6.10 Å². The Kier molecular flexibility index (Phi) is 8.68. The van der Waals surface area contributed by atoms with Crippen molar-refractivity contribution in [1.29, 1.82) is 0 Å². The van der Waals surface area contributed by atoms with Gasteiger partial charge in [-0.2, -0.15) is 5.10 Å². The number of amides is 1. The van der Waals surface area contributed by atoms with E-state index in [4.69, 9.17) is 0 Å². The lowest BCUT2D eigenvalue weighted by Gasteiger charge is -2.12. The SMILES string of the molecule is Cl.O=C(Cn1cccn1)Nc1ccc(CCNCC(O)c2ccccc2)cc1. The topological polar surface area (TPSA) is 79.2 Å². The quantitative estimate of drug-likeness (QED) is 0.482. The van der Waals surface area contributed by atoms with E-state index in [0.29, 0.717) is 6.54 Å². The molecule has 28 heavy (non-hydrogen) atoms. The maximum Gasteiger partial charge on any atom is 0.246 e. The summed E-state index contributed by atoms with van der Waals surface area (Å²) in [6, 6.07) is 19.2. The summed E-state index contributed by atoms with van der Waals surface area (Å²) in [5.74, 6) is -0.108. The van der Waals surface area contributed by atoms with Crippen molar-refractivity contribution >= 4 is 24.0 Å². The first-order chi connectivity index (χ1) is 13.2. The van der Waals surface area contributed by atoms with Crippen LogP contribution in [0.5, 0.6) is 0 Å². The molecule has 1 unspecified atom stereocenters. The number of halogens is 1. The van der Waals surface area contributed by atoms with Gasteiger partial charge in [-0.25, -0.2) is 0 Å². The Morgan fingerprint density at radius 3 is 2.50 bits per heavy atom. The smallest absolute Gasteiger partial charge is 0.246 e. The predicted octanol–water partition coefficient (Wildman–Crippen LogP) is 2.81. The molecule has 0 radical (unpaired) electrons. The van der Waals surface area contributed by atoms with Gasteiger partial charge in [0.15, 0.2) is 0 Å². The van der Waals surface area contributed by atoms with Gasteiger partial charge in [0, 0.05) is 24.6 Å². The largest absolute Gasteiger partial charge is 0.387 e. The zero-order valence-electron chi connectivity index (χ0n) is 15.5. The van der Waals surface area contributed by atoms with E-state index in [1.54, 1.807) is 23.1 Å². The molecular weight excluding hydrogens is 376 g/mol. The number of anilines is 1. The molecule has 7 heteroatoms. The Bertz CT molecular complexity index is 823. The first kappa shape index (κ1) is 21.6. The molecule has 0 saturated heterocycles. The number of nitrogens with one attached hydrogen (secondary N) is 2. The fourth-order valence-electron chi connectivity index (χ4n) is 2.76. The molecule has 1 atom stereocenters. The van der Waals surface area contributed by atoms with Gasteiger partial charge in [-0.1, -0.05) is 42.5 Å². The second-order valence-corrected chi connectivity index (χ2v) is 6.33. The zero-order chi connectivity index (χ0) is 18.9. The minimum absolute atomic E-state index is 0. The van der Waals surface area contributed by atoms with Crippen LogP contribution in [0.4, 0.5) is 5.69 Å². The molecule has 3 aromatic rings. The van der Waals surface area contributed by atoms with Crippen molar-refractivity contribution in [2.45, 2.75) is 19.1 Å². The number of aliphatic hydroxyl groups excluding tert-OH is 1. The van der Waals surface area contributed by atoms with Crippen LogP contribution in [-0.4, -0.2) is 33.9 Å². The van der Waals surface area contributed by atoms with Crippen LogP contribution in [0.3, 0.4) is 0 Å². The monoisotopic (exact) mass is 400 g/mol. The van der Waals surface area contributed by atoms with E-state index in [1.165, 1.54) is 5.56 Å². The average molecular weight is 401 g/mol. The Hall–Kier alpha value is -2.67. The van der Waals surface area contributed by atoms with Crippen molar-refractivity contribution in [2.24, 2.45) is 0 Å². The molecule has 2 aromatic carbocycles. The minimum Gasteiger partial charge on any atom is -0.387 e. The van der Waals surface area contributed by atoms with Crippen LogP contribution >= 0.6 is 12.4 Å². The average Bonchev–Trinajstić information content (AvgIpc) is 3.20. The van der Waals surface area contributed by atoms with Crippen LogP contribution in [0.1, 0.15) is 17.2 Å². The lowest BCUT2D eigenvalue weighted by molar-refractivity contribution is -0.116. The molecule has 1 aromatic heterocycles. The van der Waals surface area contributed by atoms with Gasteiger partial charge in [0.1, 0.15) is 6.54 Å². The van der Waals surface area contributed by atoms with Gasteiger partial charge in [0.25, 0.3) is 0 Å². The summed E-state index contributed by atoms with van der Waals surface area (Å²) in [6.07, 6.45) is 3.75. The first-order valence-electron chi connectivity index (χ1n) is 9.00. The van der Waals surface area contributed by atoms with Crippen molar-refractivity contribution in [3.63, 3.8) is 0 Å². The highest BCUT2D eigenvalue weighted by atomic mass is 35.5. The maximum atomic E-state index is 12.0. The predicted molar refractivity (Wildman–Crippen MR) is 113 cm³/mol. The number of hydrogen-bond acceptors (Lipinski definition) is 4. The van der Waals surface area contributed by atoms with Crippen LogP contribution < -0.4 is 10.6 Å². The standard InChI is InChI=1S/C21H24N4O2.ClH/c26-20(18-5-2-1-3-6-18)15-22-13-11-17-7-9-19(10-8-17)24-21(27)16-25-14-4-12-23-25;/h1-10,12,14,20,22,26H,11,13,15-16H2,(H,24,27);1H. The summed E-state index contributed by atoms with van der Waals surface area (Å²) in [4.78, 5) is 12.0. The number of hydrogen-bond donors (Lipinski definition) is 3. The van der Waals surface area contributed by atoms with E-state index in [0.717, 1.165) is 24.2 Å². The third kappa shape index (κ3) is 6.81. The fraction of sp³-hybridized carbons (Fsp3) is 0.238. The number of nitrogens with zero attached hydrogens (tertiary/aromatic N) is 2. The molecule has 148 valence electrons. The van der Waals surface area contributed by atoms with E-state index in [-0.39, 0.29) is 24.9 Å². The summed E-state index contributed by atoms with van der Waals surface area (Å²) < 4.78 is 1.58. The molecule has 1 heterocycles. The molecule has 1 amide bonds.